The van der Waals surface area contributed by atoms with Crippen molar-refractivity contribution in [3.63, 3.8) is 0 Å². The predicted octanol–water partition coefficient (Wildman–Crippen LogP) is 5.58. The minimum absolute atomic E-state index is 0.0195. The molecule has 4 rings (SSSR count). The van der Waals surface area contributed by atoms with Crippen LogP contribution in [0.5, 0.6) is 5.75 Å². The number of aromatic nitrogens is 4. The SMILES string of the molecule is CCn1cc(Nc2nc(Nc3cc(C)c(C4CCNCC4)cc3OC(C)C)ncc2Cl)c(S(=O)(=O)C(C)C)n1. The van der Waals surface area contributed by atoms with Gasteiger partial charge in [-0.25, -0.2) is 13.4 Å². The summed E-state index contributed by atoms with van der Waals surface area (Å²) in [6.07, 6.45) is 5.27. The largest absolute Gasteiger partial charge is 0.489 e. The van der Waals surface area contributed by atoms with Gasteiger partial charge in [0.1, 0.15) is 10.8 Å². The lowest BCUT2D eigenvalue weighted by Gasteiger charge is -2.26. The van der Waals surface area contributed by atoms with Crippen molar-refractivity contribution in [2.24, 2.45) is 0 Å². The molecule has 1 saturated heterocycles. The van der Waals surface area contributed by atoms with Crippen LogP contribution in [0.25, 0.3) is 0 Å². The molecule has 0 aliphatic carbocycles. The zero-order valence-electron chi connectivity index (χ0n) is 23.4. The van der Waals surface area contributed by atoms with Crippen LogP contribution in [0.2, 0.25) is 5.02 Å². The summed E-state index contributed by atoms with van der Waals surface area (Å²) in [7, 11) is -3.64. The summed E-state index contributed by atoms with van der Waals surface area (Å²) < 4.78 is 33.7. The number of hydrogen-bond donors (Lipinski definition) is 3. The van der Waals surface area contributed by atoms with Gasteiger partial charge >= 0.3 is 0 Å². The maximum atomic E-state index is 13.0. The van der Waals surface area contributed by atoms with Crippen molar-refractivity contribution in [1.29, 1.82) is 0 Å². The highest BCUT2D eigenvalue weighted by Gasteiger charge is 2.27. The van der Waals surface area contributed by atoms with Crippen molar-refractivity contribution in [1.82, 2.24) is 25.1 Å². The molecule has 0 unspecified atom stereocenters. The first-order valence-electron chi connectivity index (χ1n) is 13.4. The van der Waals surface area contributed by atoms with Gasteiger partial charge in [0.25, 0.3) is 0 Å². The minimum Gasteiger partial charge on any atom is -0.489 e. The van der Waals surface area contributed by atoms with Crippen LogP contribution in [0.15, 0.2) is 29.6 Å². The Hall–Kier alpha value is -2.89. The summed E-state index contributed by atoms with van der Waals surface area (Å²) >= 11 is 6.43. The zero-order valence-corrected chi connectivity index (χ0v) is 24.9. The van der Waals surface area contributed by atoms with E-state index in [1.165, 1.54) is 17.3 Å². The highest BCUT2D eigenvalue weighted by Crippen LogP contribution is 2.37. The molecule has 3 heterocycles. The topological polar surface area (TPSA) is 123 Å². The van der Waals surface area contributed by atoms with Gasteiger partial charge in [0.05, 0.1) is 28.9 Å². The summed E-state index contributed by atoms with van der Waals surface area (Å²) in [6, 6.07) is 4.20. The Bertz CT molecular complexity index is 1420. The lowest BCUT2D eigenvalue weighted by molar-refractivity contribution is 0.243. The van der Waals surface area contributed by atoms with Crippen molar-refractivity contribution in [3.8, 4) is 5.75 Å². The molecule has 2 aromatic heterocycles. The molecule has 3 aromatic rings. The number of benzene rings is 1. The van der Waals surface area contributed by atoms with Gasteiger partial charge in [-0.05, 0) is 96.7 Å². The van der Waals surface area contributed by atoms with Gasteiger partial charge in [0.2, 0.25) is 20.8 Å². The van der Waals surface area contributed by atoms with Gasteiger partial charge in [0.15, 0.2) is 5.82 Å². The molecule has 1 aromatic carbocycles. The number of sulfone groups is 1. The van der Waals surface area contributed by atoms with Crippen molar-refractivity contribution < 1.29 is 13.2 Å². The van der Waals surface area contributed by atoms with E-state index >= 15 is 0 Å². The van der Waals surface area contributed by atoms with Gasteiger partial charge in [-0.3, -0.25) is 4.68 Å². The number of nitrogens with one attached hydrogen (secondary N) is 3. The molecular formula is C27H38ClN7O3S. The number of halogens is 1. The first-order chi connectivity index (χ1) is 18.5. The second kappa shape index (κ2) is 12.1. The molecule has 1 fully saturated rings. The standard InChI is InChI=1S/C27H38ClN7O3S/c1-7-35-15-23(26(34-35)39(36,37)17(4)5)31-25-21(28)14-30-27(33-25)32-22-12-18(6)20(13-24(22)38-16(2)3)19-8-10-29-11-9-19/h12-17,19,29H,7-11H2,1-6H3,(H2,30,31,32,33). The van der Waals surface area contributed by atoms with Crippen LogP contribution >= 0.6 is 11.6 Å². The first kappa shape index (κ1) is 29.1. The average Bonchev–Trinajstić information content (AvgIpc) is 3.31. The number of hydrogen-bond acceptors (Lipinski definition) is 9. The van der Waals surface area contributed by atoms with E-state index in [0.29, 0.717) is 24.1 Å². The molecule has 0 saturated carbocycles. The van der Waals surface area contributed by atoms with Crippen LogP contribution < -0.4 is 20.7 Å². The van der Waals surface area contributed by atoms with E-state index in [1.807, 2.05) is 20.8 Å². The van der Waals surface area contributed by atoms with Gasteiger partial charge in [-0.1, -0.05) is 11.6 Å². The third-order valence-electron chi connectivity index (χ3n) is 6.70. The van der Waals surface area contributed by atoms with E-state index in [9.17, 15) is 8.42 Å². The highest BCUT2D eigenvalue weighted by molar-refractivity contribution is 7.92. The first-order valence-corrected chi connectivity index (χ1v) is 15.3. The van der Waals surface area contributed by atoms with Crippen LogP contribution in [0, 0.1) is 6.92 Å². The van der Waals surface area contributed by atoms with Gasteiger partial charge in [-0.15, -0.1) is 0 Å². The minimum atomic E-state index is -3.64. The fraction of sp³-hybridized carbons (Fsp3) is 0.519. The van der Waals surface area contributed by atoms with Gasteiger partial charge in [-0.2, -0.15) is 10.1 Å². The van der Waals surface area contributed by atoms with Crippen molar-refractivity contribution in [2.45, 2.75) is 83.2 Å². The molecule has 10 nitrogen and oxygen atoms in total. The van der Waals surface area contributed by atoms with E-state index in [4.69, 9.17) is 16.3 Å². The van der Waals surface area contributed by atoms with Crippen LogP contribution in [0.4, 0.5) is 23.1 Å². The van der Waals surface area contributed by atoms with Gasteiger partial charge < -0.3 is 20.7 Å². The third kappa shape index (κ3) is 6.64. The molecule has 0 atom stereocenters. The monoisotopic (exact) mass is 575 g/mol. The molecule has 0 radical (unpaired) electrons. The number of ether oxygens (including phenoxy) is 1. The Kier molecular flexibility index (Phi) is 9.03. The molecule has 0 spiro atoms. The summed E-state index contributed by atoms with van der Waals surface area (Å²) in [4.78, 5) is 8.93. The molecule has 1 aliphatic heterocycles. The fourth-order valence-electron chi connectivity index (χ4n) is 4.57. The quantitative estimate of drug-likeness (QED) is 0.284. The Labute approximate surface area is 235 Å². The summed E-state index contributed by atoms with van der Waals surface area (Å²) in [5.41, 5.74) is 3.52. The number of aryl methyl sites for hydroxylation is 2. The Balaban J connectivity index is 1.67. The highest BCUT2D eigenvalue weighted by atomic mass is 35.5. The molecule has 212 valence electrons. The van der Waals surface area contributed by atoms with E-state index in [0.717, 1.165) is 37.4 Å². The Morgan fingerprint density at radius 3 is 2.51 bits per heavy atom. The summed E-state index contributed by atoms with van der Waals surface area (Å²) in [5.74, 6) is 1.77. The van der Waals surface area contributed by atoms with Crippen LogP contribution in [0.3, 0.4) is 0 Å². The number of nitrogens with zero attached hydrogens (tertiary/aromatic N) is 4. The van der Waals surface area contributed by atoms with E-state index in [2.05, 4.69) is 50.1 Å². The molecule has 3 N–H and O–H groups in total. The number of rotatable bonds is 10. The molecular weight excluding hydrogens is 538 g/mol. The van der Waals surface area contributed by atoms with Crippen LogP contribution in [-0.4, -0.2) is 52.6 Å². The predicted molar refractivity (Wildman–Crippen MR) is 156 cm³/mol. The maximum absolute atomic E-state index is 13.0. The molecule has 0 bridgehead atoms. The van der Waals surface area contributed by atoms with Crippen LogP contribution in [0.1, 0.15) is 64.5 Å². The molecule has 1 aliphatic rings. The van der Waals surface area contributed by atoms with Gasteiger partial charge in [0, 0.05) is 12.7 Å². The average molecular weight is 576 g/mol. The fourth-order valence-corrected chi connectivity index (χ4v) is 5.79. The number of anilines is 4. The molecule has 0 amide bonds. The molecule has 12 heteroatoms. The second-order valence-electron chi connectivity index (χ2n) is 10.3. The maximum Gasteiger partial charge on any atom is 0.229 e. The summed E-state index contributed by atoms with van der Waals surface area (Å²) in [5, 5.41) is 13.6. The zero-order chi connectivity index (χ0) is 28.3. The van der Waals surface area contributed by atoms with E-state index < -0.39 is 15.1 Å². The Morgan fingerprint density at radius 1 is 1.15 bits per heavy atom. The lowest BCUT2D eigenvalue weighted by atomic mass is 9.87. The third-order valence-corrected chi connectivity index (χ3v) is 9.05. The van der Waals surface area contributed by atoms with Crippen molar-refractivity contribution >= 4 is 44.6 Å². The van der Waals surface area contributed by atoms with Crippen molar-refractivity contribution in [2.75, 3.05) is 23.7 Å². The van der Waals surface area contributed by atoms with Crippen LogP contribution in [-0.2, 0) is 16.4 Å². The number of piperidine rings is 1. The normalized spacial score (nSPS) is 14.7. The Morgan fingerprint density at radius 2 is 1.87 bits per heavy atom. The smallest absolute Gasteiger partial charge is 0.229 e. The van der Waals surface area contributed by atoms with E-state index in [-0.39, 0.29) is 22.0 Å². The second-order valence-corrected chi connectivity index (χ2v) is 13.2. The molecule has 39 heavy (non-hydrogen) atoms. The van der Waals surface area contributed by atoms with E-state index in [1.54, 1.807) is 24.7 Å². The summed E-state index contributed by atoms with van der Waals surface area (Å²) in [6.45, 7) is 13.8. The lowest BCUT2D eigenvalue weighted by Crippen LogP contribution is -2.27. The van der Waals surface area contributed by atoms with Crippen molar-refractivity contribution in [3.05, 3.63) is 40.7 Å².